The molecule has 3 nitrogen and oxygen atoms in total. The minimum absolute atomic E-state index is 0.620. The summed E-state index contributed by atoms with van der Waals surface area (Å²) in [6, 6.07) is 0.620. The monoisotopic (exact) mass is 228 g/mol. The van der Waals surface area contributed by atoms with E-state index in [9.17, 15) is 0 Å². The molecule has 1 heterocycles. The number of ether oxygens (including phenoxy) is 1. The number of hydrogen-bond acceptors (Lipinski definition) is 2. The second kappa shape index (κ2) is 5.66. The van der Waals surface area contributed by atoms with Gasteiger partial charge in [0.15, 0.2) is 5.11 Å². The molecule has 1 aliphatic carbocycles. The number of morpholine rings is 1. The van der Waals surface area contributed by atoms with E-state index in [0.717, 1.165) is 31.4 Å². The first-order valence-corrected chi connectivity index (χ1v) is 6.40. The van der Waals surface area contributed by atoms with Gasteiger partial charge in [-0.2, -0.15) is 0 Å². The van der Waals surface area contributed by atoms with E-state index >= 15 is 0 Å². The second-order valence-corrected chi connectivity index (χ2v) is 4.77. The fourth-order valence-electron chi connectivity index (χ4n) is 2.28. The largest absolute Gasteiger partial charge is 0.378 e. The third-order valence-electron chi connectivity index (χ3n) is 3.23. The highest BCUT2D eigenvalue weighted by molar-refractivity contribution is 7.80. The Balaban J connectivity index is 1.74. The molecule has 0 aromatic heterocycles. The van der Waals surface area contributed by atoms with Crippen LogP contribution in [0.2, 0.25) is 0 Å². The molecule has 2 fully saturated rings. The Morgan fingerprint density at radius 3 is 2.47 bits per heavy atom. The van der Waals surface area contributed by atoms with Crippen LogP contribution in [0.15, 0.2) is 0 Å². The second-order valence-electron chi connectivity index (χ2n) is 4.38. The highest BCUT2D eigenvalue weighted by atomic mass is 32.1. The molecule has 1 N–H and O–H groups in total. The summed E-state index contributed by atoms with van der Waals surface area (Å²) in [6.07, 6.45) is 6.66. The Labute approximate surface area is 97.2 Å². The van der Waals surface area contributed by atoms with Gasteiger partial charge in [0.1, 0.15) is 0 Å². The van der Waals surface area contributed by atoms with E-state index < -0.39 is 0 Å². The molecular formula is C11H20N2OS. The molecule has 0 atom stereocenters. The van der Waals surface area contributed by atoms with E-state index in [1.807, 2.05) is 0 Å². The molecule has 0 aromatic carbocycles. The number of nitrogens with one attached hydrogen (secondary N) is 1. The Hall–Kier alpha value is -0.350. The van der Waals surface area contributed by atoms with Crippen LogP contribution in [0.25, 0.3) is 0 Å². The fourth-order valence-corrected chi connectivity index (χ4v) is 2.63. The minimum atomic E-state index is 0.620. The van der Waals surface area contributed by atoms with Gasteiger partial charge in [-0.05, 0) is 25.1 Å². The molecule has 0 bridgehead atoms. The molecule has 4 heteroatoms. The van der Waals surface area contributed by atoms with Crippen LogP contribution in [0.5, 0.6) is 0 Å². The molecular weight excluding hydrogens is 208 g/mol. The van der Waals surface area contributed by atoms with Crippen LogP contribution in [-0.2, 0) is 4.74 Å². The van der Waals surface area contributed by atoms with Gasteiger partial charge >= 0.3 is 0 Å². The lowest BCUT2D eigenvalue weighted by molar-refractivity contribution is 0.0672. The van der Waals surface area contributed by atoms with Crippen LogP contribution in [0, 0.1) is 0 Å². The Morgan fingerprint density at radius 2 is 1.80 bits per heavy atom. The first-order chi connectivity index (χ1) is 7.36. The van der Waals surface area contributed by atoms with Gasteiger partial charge in [0.25, 0.3) is 0 Å². The van der Waals surface area contributed by atoms with Crippen LogP contribution in [0.1, 0.15) is 32.1 Å². The van der Waals surface area contributed by atoms with Crippen molar-refractivity contribution in [2.45, 2.75) is 38.1 Å². The van der Waals surface area contributed by atoms with E-state index in [2.05, 4.69) is 10.2 Å². The summed E-state index contributed by atoms with van der Waals surface area (Å²) < 4.78 is 5.31. The highest BCUT2D eigenvalue weighted by Crippen LogP contribution is 2.17. The minimum Gasteiger partial charge on any atom is -0.378 e. The third kappa shape index (κ3) is 3.31. The molecule has 15 heavy (non-hydrogen) atoms. The van der Waals surface area contributed by atoms with E-state index in [1.165, 1.54) is 32.1 Å². The van der Waals surface area contributed by atoms with Crippen LogP contribution in [0.3, 0.4) is 0 Å². The average molecular weight is 228 g/mol. The smallest absolute Gasteiger partial charge is 0.169 e. The number of rotatable bonds is 1. The van der Waals surface area contributed by atoms with Crippen LogP contribution in [-0.4, -0.2) is 42.4 Å². The van der Waals surface area contributed by atoms with Crippen molar-refractivity contribution in [2.75, 3.05) is 26.3 Å². The van der Waals surface area contributed by atoms with Crippen molar-refractivity contribution in [3.8, 4) is 0 Å². The molecule has 1 aliphatic heterocycles. The summed E-state index contributed by atoms with van der Waals surface area (Å²) >= 11 is 5.41. The van der Waals surface area contributed by atoms with Gasteiger partial charge in [0.2, 0.25) is 0 Å². The lowest BCUT2D eigenvalue weighted by atomic mass is 9.96. The van der Waals surface area contributed by atoms with Gasteiger partial charge in [-0.3, -0.25) is 0 Å². The van der Waals surface area contributed by atoms with Crippen molar-refractivity contribution in [3.63, 3.8) is 0 Å². The Kier molecular flexibility index (Phi) is 4.20. The maximum Gasteiger partial charge on any atom is 0.169 e. The zero-order chi connectivity index (χ0) is 10.5. The zero-order valence-corrected chi connectivity index (χ0v) is 10.0. The Morgan fingerprint density at radius 1 is 1.13 bits per heavy atom. The fraction of sp³-hybridized carbons (Fsp3) is 0.909. The predicted octanol–water partition coefficient (Wildman–Crippen LogP) is 1.53. The standard InChI is InChI=1S/C11H20N2OS/c15-11(13-6-8-14-9-7-13)12-10-4-2-1-3-5-10/h10H,1-9H2,(H,12,15). The Bertz CT molecular complexity index is 211. The summed E-state index contributed by atoms with van der Waals surface area (Å²) in [7, 11) is 0. The van der Waals surface area contributed by atoms with Crippen LogP contribution >= 0.6 is 12.2 Å². The lowest BCUT2D eigenvalue weighted by Crippen LogP contribution is -2.49. The van der Waals surface area contributed by atoms with E-state index in [1.54, 1.807) is 0 Å². The van der Waals surface area contributed by atoms with Gasteiger partial charge in [0, 0.05) is 19.1 Å². The molecule has 0 spiro atoms. The third-order valence-corrected chi connectivity index (χ3v) is 3.61. The first kappa shape index (κ1) is 11.1. The van der Waals surface area contributed by atoms with Gasteiger partial charge in [0.05, 0.1) is 13.2 Å². The van der Waals surface area contributed by atoms with Gasteiger partial charge in [-0.15, -0.1) is 0 Å². The number of thiocarbonyl (C=S) groups is 1. The molecule has 0 aromatic rings. The molecule has 0 unspecified atom stereocenters. The molecule has 2 rings (SSSR count). The molecule has 0 radical (unpaired) electrons. The number of hydrogen-bond donors (Lipinski definition) is 1. The summed E-state index contributed by atoms with van der Waals surface area (Å²) in [4.78, 5) is 2.23. The molecule has 0 amide bonds. The average Bonchev–Trinajstić information content (AvgIpc) is 2.31. The quantitative estimate of drug-likeness (QED) is 0.688. The maximum atomic E-state index is 5.41. The molecule has 2 aliphatic rings. The molecule has 1 saturated carbocycles. The van der Waals surface area contributed by atoms with Crippen LogP contribution in [0.4, 0.5) is 0 Å². The maximum absolute atomic E-state index is 5.41. The van der Waals surface area contributed by atoms with E-state index in [-0.39, 0.29) is 0 Å². The summed E-state index contributed by atoms with van der Waals surface area (Å²) in [6.45, 7) is 3.51. The van der Waals surface area contributed by atoms with E-state index in [0.29, 0.717) is 6.04 Å². The van der Waals surface area contributed by atoms with Crippen molar-refractivity contribution >= 4 is 17.3 Å². The zero-order valence-electron chi connectivity index (χ0n) is 9.21. The van der Waals surface area contributed by atoms with Gasteiger partial charge < -0.3 is 15.0 Å². The van der Waals surface area contributed by atoms with Crippen molar-refractivity contribution in [1.82, 2.24) is 10.2 Å². The predicted molar refractivity (Wildman–Crippen MR) is 65.0 cm³/mol. The SMILES string of the molecule is S=C(NC1CCCCC1)N1CCOCC1. The van der Waals surface area contributed by atoms with Crippen molar-refractivity contribution in [3.05, 3.63) is 0 Å². The summed E-state index contributed by atoms with van der Waals surface area (Å²) in [5, 5.41) is 4.43. The van der Waals surface area contributed by atoms with Gasteiger partial charge in [-0.25, -0.2) is 0 Å². The molecule has 86 valence electrons. The van der Waals surface area contributed by atoms with Crippen molar-refractivity contribution in [1.29, 1.82) is 0 Å². The summed E-state index contributed by atoms with van der Waals surface area (Å²) in [5.41, 5.74) is 0. The normalized spacial score (nSPS) is 23.9. The van der Waals surface area contributed by atoms with Crippen molar-refractivity contribution < 1.29 is 4.74 Å². The van der Waals surface area contributed by atoms with Gasteiger partial charge in [-0.1, -0.05) is 19.3 Å². The van der Waals surface area contributed by atoms with E-state index in [4.69, 9.17) is 17.0 Å². The topological polar surface area (TPSA) is 24.5 Å². The number of nitrogens with zero attached hydrogens (tertiary/aromatic N) is 1. The first-order valence-electron chi connectivity index (χ1n) is 5.99. The van der Waals surface area contributed by atoms with Crippen molar-refractivity contribution in [2.24, 2.45) is 0 Å². The summed E-state index contributed by atoms with van der Waals surface area (Å²) in [5.74, 6) is 0. The molecule has 1 saturated heterocycles. The highest BCUT2D eigenvalue weighted by Gasteiger charge is 2.18. The lowest BCUT2D eigenvalue weighted by Gasteiger charge is -2.32. The van der Waals surface area contributed by atoms with Crippen LogP contribution < -0.4 is 5.32 Å².